The van der Waals surface area contributed by atoms with Crippen LogP contribution in [0.1, 0.15) is 27.2 Å². The Balaban J connectivity index is 1.56. The summed E-state index contributed by atoms with van der Waals surface area (Å²) in [4.78, 5) is 19.8. The van der Waals surface area contributed by atoms with Gasteiger partial charge in [0.15, 0.2) is 0 Å². The van der Waals surface area contributed by atoms with Crippen molar-refractivity contribution in [2.75, 3.05) is 51.3 Å². The predicted octanol–water partition coefficient (Wildman–Crippen LogP) is 2.71. The molecular formula is C21H33N3O2. The first-order valence-corrected chi connectivity index (χ1v) is 9.89. The molecule has 26 heavy (non-hydrogen) atoms. The number of hydrogen-bond acceptors (Lipinski definition) is 4. The average Bonchev–Trinajstić information content (AvgIpc) is 2.66. The normalized spacial score (nSPS) is 25.8. The van der Waals surface area contributed by atoms with E-state index in [9.17, 15) is 4.79 Å². The Kier molecular flexibility index (Phi) is 6.07. The predicted molar refractivity (Wildman–Crippen MR) is 106 cm³/mol. The highest BCUT2D eigenvalue weighted by molar-refractivity contribution is 5.81. The lowest BCUT2D eigenvalue weighted by atomic mass is 9.91. The monoisotopic (exact) mass is 359 g/mol. The van der Waals surface area contributed by atoms with Crippen molar-refractivity contribution in [1.82, 2.24) is 9.80 Å². The summed E-state index contributed by atoms with van der Waals surface area (Å²) < 4.78 is 5.33. The molecule has 2 aliphatic heterocycles. The molecule has 1 aromatic rings. The van der Waals surface area contributed by atoms with Gasteiger partial charge in [-0.25, -0.2) is 0 Å². The minimum absolute atomic E-state index is 0.0278. The molecular weight excluding hydrogens is 326 g/mol. The van der Waals surface area contributed by atoms with E-state index in [1.54, 1.807) is 7.11 Å². The summed E-state index contributed by atoms with van der Waals surface area (Å²) in [5.41, 5.74) is 1.20. The number of nitrogens with zero attached hydrogens (tertiary/aromatic N) is 3. The quantitative estimate of drug-likeness (QED) is 0.828. The zero-order valence-electron chi connectivity index (χ0n) is 16.6. The third kappa shape index (κ3) is 4.32. The molecule has 0 radical (unpaired) electrons. The minimum atomic E-state index is -0.0278. The Hall–Kier alpha value is -1.75. The van der Waals surface area contributed by atoms with Crippen molar-refractivity contribution in [3.05, 3.63) is 24.3 Å². The van der Waals surface area contributed by atoms with Gasteiger partial charge in [-0.3, -0.25) is 9.69 Å². The highest BCUT2D eigenvalue weighted by Crippen LogP contribution is 2.24. The molecule has 0 spiro atoms. The van der Waals surface area contributed by atoms with Gasteiger partial charge in [-0.15, -0.1) is 0 Å². The molecule has 1 aromatic carbocycles. The number of piperidine rings is 1. The maximum absolute atomic E-state index is 13.0. The van der Waals surface area contributed by atoms with Crippen LogP contribution >= 0.6 is 0 Å². The van der Waals surface area contributed by atoms with Crippen molar-refractivity contribution < 1.29 is 9.53 Å². The molecule has 2 saturated heterocycles. The van der Waals surface area contributed by atoms with Gasteiger partial charge in [-0.1, -0.05) is 19.9 Å². The van der Waals surface area contributed by atoms with Crippen LogP contribution in [0.5, 0.6) is 5.75 Å². The van der Waals surface area contributed by atoms with E-state index in [0.29, 0.717) is 17.7 Å². The molecule has 3 atom stereocenters. The number of carbonyl (C=O) groups is 1. The summed E-state index contributed by atoms with van der Waals surface area (Å²) in [5, 5.41) is 0. The molecule has 0 N–H and O–H groups in total. The van der Waals surface area contributed by atoms with Gasteiger partial charge in [0.25, 0.3) is 0 Å². The maximum Gasteiger partial charge on any atom is 0.239 e. The average molecular weight is 360 g/mol. The largest absolute Gasteiger partial charge is 0.497 e. The van der Waals surface area contributed by atoms with Crippen LogP contribution in [0.15, 0.2) is 24.3 Å². The molecule has 5 nitrogen and oxygen atoms in total. The van der Waals surface area contributed by atoms with Gasteiger partial charge in [0.1, 0.15) is 5.75 Å². The number of likely N-dealkylation sites (tertiary alicyclic amines) is 1. The number of piperazine rings is 1. The lowest BCUT2D eigenvalue weighted by molar-refractivity contribution is -0.139. The molecule has 0 saturated carbocycles. The third-order valence-electron chi connectivity index (χ3n) is 5.82. The van der Waals surface area contributed by atoms with Gasteiger partial charge in [0.05, 0.1) is 13.2 Å². The molecule has 1 amide bonds. The number of benzene rings is 1. The van der Waals surface area contributed by atoms with Crippen LogP contribution < -0.4 is 9.64 Å². The molecule has 0 aliphatic carbocycles. The molecule has 2 heterocycles. The number of anilines is 1. The van der Waals surface area contributed by atoms with Crippen molar-refractivity contribution in [3.63, 3.8) is 0 Å². The second-order valence-electron chi connectivity index (χ2n) is 8.09. The molecule has 2 aliphatic rings. The van der Waals surface area contributed by atoms with E-state index in [-0.39, 0.29) is 6.04 Å². The van der Waals surface area contributed by atoms with Crippen molar-refractivity contribution in [2.45, 2.75) is 33.2 Å². The van der Waals surface area contributed by atoms with Crippen LogP contribution in [0.2, 0.25) is 0 Å². The summed E-state index contributed by atoms with van der Waals surface area (Å²) in [6.07, 6.45) is 1.23. The van der Waals surface area contributed by atoms with Gasteiger partial charge in [0.2, 0.25) is 5.91 Å². The first kappa shape index (κ1) is 19.0. The molecule has 144 valence electrons. The second-order valence-corrected chi connectivity index (χ2v) is 8.09. The fourth-order valence-corrected chi connectivity index (χ4v) is 4.44. The van der Waals surface area contributed by atoms with Crippen LogP contribution in [0.25, 0.3) is 0 Å². The molecule has 3 unspecified atom stereocenters. The van der Waals surface area contributed by atoms with E-state index in [4.69, 9.17) is 4.74 Å². The minimum Gasteiger partial charge on any atom is -0.497 e. The highest BCUT2D eigenvalue weighted by atomic mass is 16.5. The van der Waals surface area contributed by atoms with Gasteiger partial charge >= 0.3 is 0 Å². The van der Waals surface area contributed by atoms with Crippen LogP contribution in [0.4, 0.5) is 5.69 Å². The topological polar surface area (TPSA) is 36.0 Å². The van der Waals surface area contributed by atoms with E-state index in [1.807, 2.05) is 12.1 Å². The number of amides is 1. The summed E-state index contributed by atoms with van der Waals surface area (Å²) in [5.74, 6) is 2.42. The van der Waals surface area contributed by atoms with Gasteiger partial charge < -0.3 is 14.5 Å². The van der Waals surface area contributed by atoms with Crippen molar-refractivity contribution in [3.8, 4) is 5.75 Å². The van der Waals surface area contributed by atoms with Gasteiger partial charge in [-0.2, -0.15) is 0 Å². The summed E-state index contributed by atoms with van der Waals surface area (Å²) in [7, 11) is 1.70. The Morgan fingerprint density at radius 3 is 2.38 bits per heavy atom. The lowest BCUT2D eigenvalue weighted by Crippen LogP contribution is -2.56. The summed E-state index contributed by atoms with van der Waals surface area (Å²) >= 11 is 0. The lowest BCUT2D eigenvalue weighted by Gasteiger charge is -2.42. The Morgan fingerprint density at radius 2 is 1.77 bits per heavy atom. The zero-order valence-corrected chi connectivity index (χ0v) is 16.6. The smallest absolute Gasteiger partial charge is 0.239 e. The van der Waals surface area contributed by atoms with E-state index in [2.05, 4.69) is 47.6 Å². The van der Waals surface area contributed by atoms with Gasteiger partial charge in [-0.05, 0) is 37.3 Å². The fourth-order valence-electron chi connectivity index (χ4n) is 4.44. The third-order valence-corrected chi connectivity index (χ3v) is 5.82. The number of ether oxygens (including phenoxy) is 1. The van der Waals surface area contributed by atoms with E-state index < -0.39 is 0 Å². The first-order valence-electron chi connectivity index (χ1n) is 9.89. The van der Waals surface area contributed by atoms with E-state index >= 15 is 0 Å². The zero-order chi connectivity index (χ0) is 18.7. The van der Waals surface area contributed by atoms with E-state index in [0.717, 1.165) is 45.0 Å². The van der Waals surface area contributed by atoms with Crippen LogP contribution in [-0.2, 0) is 4.79 Å². The summed E-state index contributed by atoms with van der Waals surface area (Å²) in [6, 6.07) is 8.19. The number of methoxy groups -OCH3 is 1. The Labute approximate surface area is 157 Å². The Bertz CT molecular complexity index is 603. The first-order chi connectivity index (χ1) is 12.5. The second kappa shape index (κ2) is 8.30. The Morgan fingerprint density at radius 1 is 1.12 bits per heavy atom. The number of rotatable bonds is 4. The number of hydrogen-bond donors (Lipinski definition) is 0. The van der Waals surface area contributed by atoms with Crippen LogP contribution in [-0.4, -0.2) is 68.1 Å². The maximum atomic E-state index is 13.0. The molecule has 0 aromatic heterocycles. The fraction of sp³-hybridized carbons (Fsp3) is 0.667. The highest BCUT2D eigenvalue weighted by Gasteiger charge is 2.32. The van der Waals surface area contributed by atoms with Crippen LogP contribution in [0.3, 0.4) is 0 Å². The van der Waals surface area contributed by atoms with Crippen molar-refractivity contribution in [2.24, 2.45) is 11.8 Å². The molecule has 2 fully saturated rings. The standard InChI is InChI=1S/C21H33N3O2/c1-16-12-17(2)15-24(14-16)21(25)18(3)22-8-10-23(11-9-22)19-6-5-7-20(13-19)26-4/h5-7,13,16-18H,8-12,14-15H2,1-4H3. The summed E-state index contributed by atoms with van der Waals surface area (Å²) in [6.45, 7) is 12.1. The van der Waals surface area contributed by atoms with Crippen LogP contribution in [0, 0.1) is 11.8 Å². The number of carbonyl (C=O) groups excluding carboxylic acids is 1. The van der Waals surface area contributed by atoms with Crippen molar-refractivity contribution >= 4 is 11.6 Å². The van der Waals surface area contributed by atoms with Crippen molar-refractivity contribution in [1.29, 1.82) is 0 Å². The van der Waals surface area contributed by atoms with E-state index in [1.165, 1.54) is 12.1 Å². The SMILES string of the molecule is COc1cccc(N2CCN(C(C)C(=O)N3CC(C)CC(C)C3)CC2)c1. The molecule has 5 heteroatoms. The molecule has 3 rings (SSSR count). The molecule has 0 bridgehead atoms. The van der Waals surface area contributed by atoms with Gasteiger partial charge in [0, 0.05) is 51.0 Å².